The van der Waals surface area contributed by atoms with Crippen LogP contribution in [0.2, 0.25) is 0 Å². The van der Waals surface area contributed by atoms with E-state index in [4.69, 9.17) is 6.42 Å². The molecule has 1 aliphatic rings. The summed E-state index contributed by atoms with van der Waals surface area (Å²) in [6.07, 6.45) is 9.41. The first-order valence-electron chi connectivity index (χ1n) is 8.36. The van der Waals surface area contributed by atoms with Crippen LogP contribution in [0.25, 0.3) is 5.69 Å². The van der Waals surface area contributed by atoms with E-state index < -0.39 is 5.66 Å². The number of hydrogen-bond acceptors (Lipinski definition) is 4. The summed E-state index contributed by atoms with van der Waals surface area (Å²) in [4.78, 5) is 16.5. The molecule has 6 heteroatoms. The van der Waals surface area contributed by atoms with Crippen molar-refractivity contribution < 1.29 is 4.79 Å². The van der Waals surface area contributed by atoms with Crippen molar-refractivity contribution in [1.82, 2.24) is 14.9 Å². The van der Waals surface area contributed by atoms with Crippen LogP contribution in [0, 0.1) is 19.3 Å². The Balaban J connectivity index is 1.54. The summed E-state index contributed by atoms with van der Waals surface area (Å²) in [5, 5.41) is 11.1. The number of hydrogen-bond donors (Lipinski definition) is 1. The fourth-order valence-corrected chi connectivity index (χ4v) is 2.80. The summed E-state index contributed by atoms with van der Waals surface area (Å²) in [7, 11) is 0. The van der Waals surface area contributed by atoms with Crippen LogP contribution in [0.5, 0.6) is 0 Å². The van der Waals surface area contributed by atoms with Gasteiger partial charge in [0.15, 0.2) is 5.66 Å². The van der Waals surface area contributed by atoms with Crippen LogP contribution in [-0.4, -0.2) is 21.1 Å². The second-order valence-electron chi connectivity index (χ2n) is 6.13. The fourth-order valence-electron chi connectivity index (χ4n) is 2.80. The Kier molecular flexibility index (Phi) is 4.94. The first-order valence-corrected chi connectivity index (χ1v) is 8.36. The Bertz CT molecular complexity index is 810. The largest absolute Gasteiger partial charge is 0.350 e. The summed E-state index contributed by atoms with van der Waals surface area (Å²) in [6, 6.07) is 9.97. The van der Waals surface area contributed by atoms with Gasteiger partial charge in [-0.05, 0) is 19.1 Å². The smallest absolute Gasteiger partial charge is 0.220 e. The van der Waals surface area contributed by atoms with Gasteiger partial charge >= 0.3 is 0 Å². The lowest BCUT2D eigenvalue weighted by molar-refractivity contribution is -0.121. The van der Waals surface area contributed by atoms with Gasteiger partial charge in [-0.3, -0.25) is 9.36 Å². The molecule has 3 rings (SSSR count). The van der Waals surface area contributed by atoms with Gasteiger partial charge in [-0.25, -0.2) is 4.98 Å². The average Bonchev–Trinajstić information content (AvgIpc) is 3.32. The highest BCUT2D eigenvalue weighted by atomic mass is 16.1. The van der Waals surface area contributed by atoms with Crippen molar-refractivity contribution in [2.24, 2.45) is 10.2 Å². The Morgan fingerprint density at radius 3 is 2.72 bits per heavy atom. The molecule has 0 unspecified atom stereocenters. The number of amides is 1. The molecule has 25 heavy (non-hydrogen) atoms. The minimum absolute atomic E-state index is 0.0177. The number of carbonyl (C=O) groups excluding carboxylic acids is 1. The molecule has 1 N–H and O–H groups in total. The summed E-state index contributed by atoms with van der Waals surface area (Å²) in [6.45, 7) is 2.38. The van der Waals surface area contributed by atoms with Crippen LogP contribution in [0.15, 0.2) is 46.8 Å². The molecular formula is C19H21N5O. The molecular weight excluding hydrogens is 314 g/mol. The number of nitrogens with one attached hydrogen (secondary N) is 1. The van der Waals surface area contributed by atoms with Crippen molar-refractivity contribution in [2.45, 2.75) is 44.8 Å². The Hall–Kier alpha value is -2.94. The second kappa shape index (κ2) is 7.31. The van der Waals surface area contributed by atoms with Crippen LogP contribution in [0.4, 0.5) is 0 Å². The predicted molar refractivity (Wildman–Crippen MR) is 95.0 cm³/mol. The number of benzene rings is 1. The standard InChI is InChI=1S/C19H21N5O/c1-3-4-11-19(22-23-19)12-10-18(25)21-14-17-13-20-15(2)24(17)16-8-6-5-7-9-16/h1,5-9,13H,4,10-12,14H2,2H3,(H,21,25). The molecule has 1 aromatic carbocycles. The maximum Gasteiger partial charge on any atom is 0.220 e. The number of carbonyl (C=O) groups is 1. The van der Waals surface area contributed by atoms with E-state index in [1.807, 2.05) is 41.8 Å². The van der Waals surface area contributed by atoms with E-state index >= 15 is 0 Å². The molecule has 2 aromatic rings. The van der Waals surface area contributed by atoms with Crippen molar-refractivity contribution in [3.63, 3.8) is 0 Å². The maximum absolute atomic E-state index is 12.2. The summed E-state index contributed by atoms with van der Waals surface area (Å²) < 4.78 is 2.04. The second-order valence-corrected chi connectivity index (χ2v) is 6.13. The van der Waals surface area contributed by atoms with Gasteiger partial charge in [-0.2, -0.15) is 10.2 Å². The number of rotatable bonds is 8. The van der Waals surface area contributed by atoms with Gasteiger partial charge in [-0.1, -0.05) is 18.2 Å². The number of nitrogens with zero attached hydrogens (tertiary/aromatic N) is 4. The van der Waals surface area contributed by atoms with Crippen LogP contribution >= 0.6 is 0 Å². The number of terminal acetylenes is 1. The molecule has 0 bridgehead atoms. The molecule has 0 radical (unpaired) electrons. The molecule has 1 aromatic heterocycles. The third-order valence-electron chi connectivity index (χ3n) is 4.30. The zero-order chi connectivity index (χ0) is 17.7. The van der Waals surface area contributed by atoms with Gasteiger partial charge in [0, 0.05) is 31.4 Å². The molecule has 1 aliphatic heterocycles. The predicted octanol–water partition coefficient (Wildman–Crippen LogP) is 3.15. The topological polar surface area (TPSA) is 71.6 Å². The van der Waals surface area contributed by atoms with Crippen molar-refractivity contribution in [3.05, 3.63) is 48.0 Å². The lowest BCUT2D eigenvalue weighted by Crippen LogP contribution is -2.25. The normalized spacial score (nSPS) is 14.1. The van der Waals surface area contributed by atoms with Crippen molar-refractivity contribution in [1.29, 1.82) is 0 Å². The minimum Gasteiger partial charge on any atom is -0.350 e. The van der Waals surface area contributed by atoms with Crippen molar-refractivity contribution >= 4 is 5.91 Å². The van der Waals surface area contributed by atoms with E-state index in [1.165, 1.54) is 0 Å². The molecule has 0 aliphatic carbocycles. The van der Waals surface area contributed by atoms with E-state index in [-0.39, 0.29) is 5.91 Å². The summed E-state index contributed by atoms with van der Waals surface area (Å²) in [5.41, 5.74) is 1.57. The minimum atomic E-state index is -0.411. The third kappa shape index (κ3) is 4.13. The molecule has 0 fully saturated rings. The van der Waals surface area contributed by atoms with Crippen LogP contribution in [0.1, 0.15) is 37.2 Å². The number of imidazole rings is 1. The van der Waals surface area contributed by atoms with Crippen LogP contribution in [-0.2, 0) is 11.3 Å². The van der Waals surface area contributed by atoms with Crippen molar-refractivity contribution in [2.75, 3.05) is 0 Å². The van der Waals surface area contributed by atoms with E-state index in [2.05, 4.69) is 26.4 Å². The van der Waals surface area contributed by atoms with E-state index in [0.29, 0.717) is 25.8 Å². The van der Waals surface area contributed by atoms with Crippen LogP contribution < -0.4 is 5.32 Å². The number of para-hydroxylation sites is 1. The maximum atomic E-state index is 12.2. The molecule has 1 amide bonds. The zero-order valence-corrected chi connectivity index (χ0v) is 14.3. The van der Waals surface area contributed by atoms with E-state index in [9.17, 15) is 4.79 Å². The fraction of sp³-hybridized carbons (Fsp3) is 0.368. The highest BCUT2D eigenvalue weighted by molar-refractivity contribution is 5.76. The zero-order valence-electron chi connectivity index (χ0n) is 14.3. The summed E-state index contributed by atoms with van der Waals surface area (Å²) >= 11 is 0. The molecule has 0 saturated heterocycles. The van der Waals surface area contributed by atoms with E-state index in [0.717, 1.165) is 23.6 Å². The summed E-state index contributed by atoms with van der Waals surface area (Å²) in [5.74, 6) is 3.46. The van der Waals surface area contributed by atoms with Crippen LogP contribution in [0.3, 0.4) is 0 Å². The Morgan fingerprint density at radius 1 is 1.28 bits per heavy atom. The van der Waals surface area contributed by atoms with Gasteiger partial charge < -0.3 is 5.32 Å². The first kappa shape index (κ1) is 16.9. The quantitative estimate of drug-likeness (QED) is 0.753. The number of aromatic nitrogens is 2. The van der Waals surface area contributed by atoms with Gasteiger partial charge in [0.1, 0.15) is 5.82 Å². The number of aryl methyl sites for hydroxylation is 1. The lowest BCUT2D eigenvalue weighted by Gasteiger charge is -2.12. The molecule has 6 nitrogen and oxygen atoms in total. The molecule has 0 saturated carbocycles. The molecule has 128 valence electrons. The Labute approximate surface area is 147 Å². The SMILES string of the molecule is C#CCCC1(CCC(=O)NCc2cnc(C)n2-c2ccccc2)N=N1. The third-order valence-corrected chi connectivity index (χ3v) is 4.30. The van der Waals surface area contributed by atoms with Crippen molar-refractivity contribution in [3.8, 4) is 18.0 Å². The average molecular weight is 335 g/mol. The van der Waals surface area contributed by atoms with Gasteiger partial charge in [0.25, 0.3) is 0 Å². The van der Waals surface area contributed by atoms with Gasteiger partial charge in [0.05, 0.1) is 18.4 Å². The molecule has 2 heterocycles. The van der Waals surface area contributed by atoms with Gasteiger partial charge in [0.2, 0.25) is 5.91 Å². The molecule has 0 atom stereocenters. The monoisotopic (exact) mass is 335 g/mol. The Morgan fingerprint density at radius 2 is 2.04 bits per heavy atom. The highest BCUT2D eigenvalue weighted by Crippen LogP contribution is 2.37. The molecule has 0 spiro atoms. The van der Waals surface area contributed by atoms with Gasteiger partial charge in [-0.15, -0.1) is 12.3 Å². The highest BCUT2D eigenvalue weighted by Gasteiger charge is 2.39. The lowest BCUT2D eigenvalue weighted by atomic mass is 10.0. The first-order chi connectivity index (χ1) is 12.1. The van der Waals surface area contributed by atoms with E-state index in [1.54, 1.807) is 6.20 Å².